The van der Waals surface area contributed by atoms with E-state index in [2.05, 4.69) is 10.3 Å². The van der Waals surface area contributed by atoms with Crippen LogP contribution in [0.25, 0.3) is 10.6 Å². The van der Waals surface area contributed by atoms with Gasteiger partial charge in [0.15, 0.2) is 0 Å². The molecule has 0 spiro atoms. The fraction of sp³-hybridized carbons (Fsp3) is 0.250. The van der Waals surface area contributed by atoms with Gasteiger partial charge in [-0.3, -0.25) is 9.59 Å². The summed E-state index contributed by atoms with van der Waals surface area (Å²) in [5.74, 6) is -1.39. The topological polar surface area (TPSA) is 79.3 Å². The molecule has 0 radical (unpaired) electrons. The van der Waals surface area contributed by atoms with Crippen LogP contribution in [-0.4, -0.2) is 28.0 Å². The lowest BCUT2D eigenvalue weighted by atomic mass is 10.3. The molecule has 0 aliphatic carbocycles. The van der Waals surface area contributed by atoms with Gasteiger partial charge in [0.05, 0.1) is 12.1 Å². The standard InChI is InChI=1S/C12H12N2O3S2/c1-7(12(16)17)13-10(15)4-9-6-19-11(14-9)8-2-3-18-5-8/h2-3,5-7H,4H2,1H3,(H,13,15)(H,16,17). The first-order valence-electron chi connectivity index (χ1n) is 5.55. The number of carbonyl (C=O) groups excluding carboxylic acids is 1. The lowest BCUT2D eigenvalue weighted by molar-refractivity contribution is -0.141. The zero-order chi connectivity index (χ0) is 13.8. The molecule has 2 N–H and O–H groups in total. The first kappa shape index (κ1) is 13.7. The van der Waals surface area contributed by atoms with E-state index in [9.17, 15) is 9.59 Å². The zero-order valence-corrected chi connectivity index (χ0v) is 11.8. The highest BCUT2D eigenvalue weighted by Crippen LogP contribution is 2.25. The molecule has 1 atom stereocenters. The van der Waals surface area contributed by atoms with Crippen molar-refractivity contribution in [2.45, 2.75) is 19.4 Å². The second-order valence-corrected chi connectivity index (χ2v) is 5.60. The Morgan fingerprint density at radius 3 is 2.89 bits per heavy atom. The molecule has 2 aromatic rings. The fourth-order valence-electron chi connectivity index (χ4n) is 1.43. The molecule has 100 valence electrons. The van der Waals surface area contributed by atoms with E-state index in [4.69, 9.17) is 5.11 Å². The van der Waals surface area contributed by atoms with Crippen molar-refractivity contribution in [3.63, 3.8) is 0 Å². The van der Waals surface area contributed by atoms with Gasteiger partial charge in [0.25, 0.3) is 0 Å². The molecule has 0 bridgehead atoms. The Kier molecular flexibility index (Phi) is 4.28. The van der Waals surface area contributed by atoms with Crippen LogP contribution >= 0.6 is 22.7 Å². The minimum Gasteiger partial charge on any atom is -0.480 e. The average molecular weight is 296 g/mol. The van der Waals surface area contributed by atoms with Gasteiger partial charge in [0, 0.05) is 16.3 Å². The second-order valence-electron chi connectivity index (χ2n) is 3.96. The summed E-state index contributed by atoms with van der Waals surface area (Å²) >= 11 is 3.07. The molecule has 0 aromatic carbocycles. The van der Waals surface area contributed by atoms with Crippen LogP contribution in [0, 0.1) is 0 Å². The van der Waals surface area contributed by atoms with Gasteiger partial charge in [0.1, 0.15) is 11.0 Å². The van der Waals surface area contributed by atoms with Crippen molar-refractivity contribution >= 4 is 34.6 Å². The summed E-state index contributed by atoms with van der Waals surface area (Å²) < 4.78 is 0. The number of thiazole rings is 1. The third-order valence-electron chi connectivity index (χ3n) is 2.41. The van der Waals surface area contributed by atoms with Gasteiger partial charge in [-0.05, 0) is 18.4 Å². The number of nitrogens with one attached hydrogen (secondary N) is 1. The van der Waals surface area contributed by atoms with Crippen molar-refractivity contribution in [1.29, 1.82) is 0 Å². The molecule has 0 saturated carbocycles. The molecule has 0 saturated heterocycles. The van der Waals surface area contributed by atoms with Crippen molar-refractivity contribution in [2.75, 3.05) is 0 Å². The highest BCUT2D eigenvalue weighted by atomic mass is 32.1. The predicted molar refractivity (Wildman–Crippen MR) is 74.4 cm³/mol. The Labute approximate surface area is 117 Å². The summed E-state index contributed by atoms with van der Waals surface area (Å²) in [5, 5.41) is 17.8. The Morgan fingerprint density at radius 1 is 1.47 bits per heavy atom. The fourth-order valence-corrected chi connectivity index (χ4v) is 2.96. The number of amides is 1. The Bertz CT molecular complexity index is 578. The quantitative estimate of drug-likeness (QED) is 0.884. The number of aromatic nitrogens is 1. The van der Waals surface area contributed by atoms with Crippen LogP contribution in [0.5, 0.6) is 0 Å². The van der Waals surface area contributed by atoms with Crippen LogP contribution in [0.1, 0.15) is 12.6 Å². The van der Waals surface area contributed by atoms with Crippen LogP contribution < -0.4 is 5.32 Å². The number of nitrogens with zero attached hydrogens (tertiary/aromatic N) is 1. The molecule has 1 amide bonds. The van der Waals surface area contributed by atoms with Crippen LogP contribution in [-0.2, 0) is 16.0 Å². The number of aliphatic carboxylic acids is 1. The Balaban J connectivity index is 1.97. The third-order valence-corrected chi connectivity index (χ3v) is 4.03. The largest absolute Gasteiger partial charge is 0.480 e. The van der Waals surface area contributed by atoms with Gasteiger partial charge in [-0.25, -0.2) is 4.98 Å². The summed E-state index contributed by atoms with van der Waals surface area (Å²) in [7, 11) is 0. The minimum absolute atomic E-state index is 0.0955. The number of hydrogen-bond donors (Lipinski definition) is 2. The second kappa shape index (κ2) is 5.94. The molecule has 2 aromatic heterocycles. The van der Waals surface area contributed by atoms with E-state index in [1.807, 2.05) is 22.2 Å². The molecule has 0 aliphatic heterocycles. The highest BCUT2D eigenvalue weighted by molar-refractivity contribution is 7.14. The molecule has 0 aliphatic rings. The van der Waals surface area contributed by atoms with Crippen molar-refractivity contribution in [3.8, 4) is 10.6 Å². The van der Waals surface area contributed by atoms with Crippen molar-refractivity contribution in [1.82, 2.24) is 10.3 Å². The highest BCUT2D eigenvalue weighted by Gasteiger charge is 2.15. The maximum absolute atomic E-state index is 11.6. The molecule has 7 heteroatoms. The number of hydrogen-bond acceptors (Lipinski definition) is 5. The van der Waals surface area contributed by atoms with E-state index >= 15 is 0 Å². The summed E-state index contributed by atoms with van der Waals surface area (Å²) in [6.45, 7) is 1.43. The lowest BCUT2D eigenvalue weighted by Gasteiger charge is -2.07. The van der Waals surface area contributed by atoms with E-state index in [1.54, 1.807) is 11.3 Å². The zero-order valence-electron chi connectivity index (χ0n) is 10.1. The van der Waals surface area contributed by atoms with Crippen molar-refractivity contribution in [2.24, 2.45) is 0 Å². The van der Waals surface area contributed by atoms with Gasteiger partial charge in [-0.1, -0.05) is 0 Å². The summed E-state index contributed by atoms with van der Waals surface area (Å²) in [6, 6.07) is 1.09. The number of thiophene rings is 1. The Hall–Kier alpha value is -1.73. The van der Waals surface area contributed by atoms with Crippen LogP contribution in [0.15, 0.2) is 22.2 Å². The summed E-state index contributed by atoms with van der Waals surface area (Å²) in [5.41, 5.74) is 1.70. The van der Waals surface area contributed by atoms with Crippen molar-refractivity contribution < 1.29 is 14.7 Å². The first-order chi connectivity index (χ1) is 9.06. The number of carboxylic acid groups (broad SMARTS) is 1. The maximum Gasteiger partial charge on any atom is 0.325 e. The van der Waals surface area contributed by atoms with Gasteiger partial charge in [0.2, 0.25) is 5.91 Å². The summed E-state index contributed by atoms with van der Waals surface area (Å²) in [4.78, 5) is 26.6. The molecular weight excluding hydrogens is 284 g/mol. The smallest absolute Gasteiger partial charge is 0.325 e. The molecule has 5 nitrogen and oxygen atoms in total. The van der Waals surface area contributed by atoms with Gasteiger partial charge in [-0.15, -0.1) is 11.3 Å². The third kappa shape index (κ3) is 3.62. The summed E-state index contributed by atoms with van der Waals surface area (Å²) in [6.07, 6.45) is 0.0955. The normalized spacial score (nSPS) is 12.1. The molecule has 1 unspecified atom stereocenters. The maximum atomic E-state index is 11.6. The molecule has 2 rings (SSSR count). The van der Waals surface area contributed by atoms with Gasteiger partial charge < -0.3 is 10.4 Å². The van der Waals surface area contributed by atoms with E-state index in [-0.39, 0.29) is 12.3 Å². The monoisotopic (exact) mass is 296 g/mol. The first-order valence-corrected chi connectivity index (χ1v) is 7.37. The van der Waals surface area contributed by atoms with E-state index in [1.165, 1.54) is 18.3 Å². The minimum atomic E-state index is -1.05. The predicted octanol–water partition coefficient (Wildman–Crippen LogP) is 2.00. The van der Waals surface area contributed by atoms with Gasteiger partial charge in [-0.2, -0.15) is 11.3 Å². The van der Waals surface area contributed by atoms with Gasteiger partial charge >= 0.3 is 5.97 Å². The number of carboxylic acids is 1. The number of carbonyl (C=O) groups is 2. The average Bonchev–Trinajstić information content (AvgIpc) is 2.97. The Morgan fingerprint density at radius 2 is 2.26 bits per heavy atom. The number of rotatable bonds is 5. The van der Waals surface area contributed by atoms with Crippen LogP contribution in [0.4, 0.5) is 0 Å². The molecule has 19 heavy (non-hydrogen) atoms. The molecule has 2 heterocycles. The van der Waals surface area contributed by atoms with E-state index in [0.717, 1.165) is 10.6 Å². The molecule has 0 fully saturated rings. The molecular formula is C12H12N2O3S2. The van der Waals surface area contributed by atoms with E-state index in [0.29, 0.717) is 5.69 Å². The van der Waals surface area contributed by atoms with Crippen molar-refractivity contribution in [3.05, 3.63) is 27.9 Å². The van der Waals surface area contributed by atoms with E-state index < -0.39 is 12.0 Å². The lowest BCUT2D eigenvalue weighted by Crippen LogP contribution is -2.39. The van der Waals surface area contributed by atoms with Crippen LogP contribution in [0.2, 0.25) is 0 Å². The SMILES string of the molecule is CC(NC(=O)Cc1csc(-c2ccsc2)n1)C(=O)O. The van der Waals surface area contributed by atoms with Crippen LogP contribution in [0.3, 0.4) is 0 Å².